The molecule has 0 N–H and O–H groups in total. The van der Waals surface area contributed by atoms with Gasteiger partial charge in [0.25, 0.3) is 0 Å². The zero-order valence-corrected chi connectivity index (χ0v) is 17.1. The molecule has 144 valence electrons. The van der Waals surface area contributed by atoms with Crippen LogP contribution in [0.4, 0.5) is 5.69 Å². The summed E-state index contributed by atoms with van der Waals surface area (Å²) in [4.78, 5) is 15.1. The number of amides is 1. The molecule has 1 amide bonds. The van der Waals surface area contributed by atoms with E-state index in [2.05, 4.69) is 32.0 Å². The van der Waals surface area contributed by atoms with Crippen LogP contribution in [0.5, 0.6) is 0 Å². The highest BCUT2D eigenvalue weighted by molar-refractivity contribution is 7.91. The van der Waals surface area contributed by atoms with E-state index in [4.69, 9.17) is 0 Å². The highest BCUT2D eigenvalue weighted by atomic mass is 32.2. The molecule has 0 radical (unpaired) electrons. The SMILES string of the molecule is CCS(=O)(=O)c1ccc(CC(=O)N2CCCc3cc(C(C)C)ccc32)cc1. The molecule has 0 spiro atoms. The van der Waals surface area contributed by atoms with Crippen LogP contribution < -0.4 is 4.90 Å². The second kappa shape index (κ2) is 7.85. The molecule has 4 nitrogen and oxygen atoms in total. The van der Waals surface area contributed by atoms with Gasteiger partial charge in [0.2, 0.25) is 5.91 Å². The Kier molecular flexibility index (Phi) is 5.70. The predicted molar refractivity (Wildman–Crippen MR) is 109 cm³/mol. The van der Waals surface area contributed by atoms with Gasteiger partial charge < -0.3 is 4.90 Å². The number of hydrogen-bond acceptors (Lipinski definition) is 3. The van der Waals surface area contributed by atoms with Crippen molar-refractivity contribution in [2.75, 3.05) is 17.2 Å². The summed E-state index contributed by atoms with van der Waals surface area (Å²) in [6, 6.07) is 13.1. The van der Waals surface area contributed by atoms with Gasteiger partial charge in [-0.25, -0.2) is 8.42 Å². The fraction of sp³-hybridized carbons (Fsp3) is 0.409. The first kappa shape index (κ1) is 19.6. The highest BCUT2D eigenvalue weighted by Crippen LogP contribution is 2.30. The van der Waals surface area contributed by atoms with Crippen molar-refractivity contribution in [2.24, 2.45) is 0 Å². The molecule has 0 bridgehead atoms. The van der Waals surface area contributed by atoms with Gasteiger partial charge in [0.05, 0.1) is 17.1 Å². The van der Waals surface area contributed by atoms with Gasteiger partial charge in [-0.1, -0.05) is 45.0 Å². The van der Waals surface area contributed by atoms with E-state index in [1.807, 2.05) is 4.90 Å². The third-order valence-electron chi connectivity index (χ3n) is 5.21. The van der Waals surface area contributed by atoms with E-state index in [0.717, 1.165) is 30.6 Å². The van der Waals surface area contributed by atoms with Crippen molar-refractivity contribution in [3.05, 3.63) is 59.2 Å². The van der Waals surface area contributed by atoms with Crippen LogP contribution in [0, 0.1) is 0 Å². The molecule has 27 heavy (non-hydrogen) atoms. The third kappa shape index (κ3) is 4.24. The van der Waals surface area contributed by atoms with Crippen LogP contribution in [-0.2, 0) is 27.5 Å². The molecule has 0 atom stereocenters. The van der Waals surface area contributed by atoms with Crippen LogP contribution in [0.3, 0.4) is 0 Å². The highest BCUT2D eigenvalue weighted by Gasteiger charge is 2.23. The summed E-state index contributed by atoms with van der Waals surface area (Å²) < 4.78 is 23.8. The van der Waals surface area contributed by atoms with Crippen LogP contribution in [0.25, 0.3) is 0 Å². The molecule has 0 unspecified atom stereocenters. The Morgan fingerprint density at radius 2 is 1.81 bits per heavy atom. The second-order valence-corrected chi connectivity index (χ2v) is 9.69. The molecule has 0 saturated heterocycles. The van der Waals surface area contributed by atoms with Crippen LogP contribution in [0.2, 0.25) is 0 Å². The average Bonchev–Trinajstić information content (AvgIpc) is 2.67. The predicted octanol–water partition coefficient (Wildman–Crippen LogP) is 4.13. The standard InChI is InChI=1S/C22H27NO3S/c1-4-27(25,26)20-10-7-17(8-11-20)14-22(24)23-13-5-6-19-15-18(16(2)3)9-12-21(19)23/h7-12,15-16H,4-6,13-14H2,1-3H3. The van der Waals surface area contributed by atoms with Crippen LogP contribution >= 0.6 is 0 Å². The number of nitrogens with zero attached hydrogens (tertiary/aromatic N) is 1. The number of carbonyl (C=O) groups is 1. The van der Waals surface area contributed by atoms with Gasteiger partial charge in [-0.05, 0) is 53.6 Å². The number of rotatable bonds is 5. The molecule has 3 rings (SSSR count). The molecule has 2 aromatic rings. The quantitative estimate of drug-likeness (QED) is 0.778. The van der Waals surface area contributed by atoms with E-state index in [-0.39, 0.29) is 18.1 Å². The van der Waals surface area contributed by atoms with Gasteiger partial charge in [0, 0.05) is 12.2 Å². The van der Waals surface area contributed by atoms with Crippen molar-refractivity contribution in [1.82, 2.24) is 0 Å². The van der Waals surface area contributed by atoms with Crippen molar-refractivity contribution in [3.8, 4) is 0 Å². The minimum atomic E-state index is -3.21. The summed E-state index contributed by atoms with van der Waals surface area (Å²) in [6.07, 6.45) is 2.25. The first-order valence-electron chi connectivity index (χ1n) is 9.56. The minimum absolute atomic E-state index is 0.0549. The molecular formula is C22H27NO3S. The lowest BCUT2D eigenvalue weighted by Gasteiger charge is -2.30. The third-order valence-corrected chi connectivity index (χ3v) is 6.96. The smallest absolute Gasteiger partial charge is 0.231 e. The Bertz CT molecular complexity index is 931. The Balaban J connectivity index is 1.78. The molecule has 5 heteroatoms. The van der Waals surface area contributed by atoms with Crippen molar-refractivity contribution in [3.63, 3.8) is 0 Å². The van der Waals surface area contributed by atoms with Crippen LogP contribution in [0.15, 0.2) is 47.4 Å². The fourth-order valence-electron chi connectivity index (χ4n) is 3.49. The minimum Gasteiger partial charge on any atom is -0.312 e. The van der Waals surface area contributed by atoms with Crippen molar-refractivity contribution < 1.29 is 13.2 Å². The van der Waals surface area contributed by atoms with Gasteiger partial charge in [-0.2, -0.15) is 0 Å². The van der Waals surface area contributed by atoms with Gasteiger partial charge in [-0.3, -0.25) is 4.79 Å². The summed E-state index contributed by atoms with van der Waals surface area (Å²) >= 11 is 0. The zero-order chi connectivity index (χ0) is 19.6. The molecule has 0 aromatic heterocycles. The summed E-state index contributed by atoms with van der Waals surface area (Å²) in [5.41, 5.74) is 4.39. The van der Waals surface area contributed by atoms with Crippen LogP contribution in [0.1, 0.15) is 49.8 Å². The number of fused-ring (bicyclic) bond motifs is 1. The summed E-state index contributed by atoms with van der Waals surface area (Å²) in [5.74, 6) is 0.604. The first-order valence-corrected chi connectivity index (χ1v) is 11.2. The number of sulfone groups is 1. The zero-order valence-electron chi connectivity index (χ0n) is 16.2. The van der Waals surface area contributed by atoms with Gasteiger partial charge in [0.1, 0.15) is 0 Å². The van der Waals surface area contributed by atoms with E-state index >= 15 is 0 Å². The maximum atomic E-state index is 12.9. The Hall–Kier alpha value is -2.14. The normalized spacial score (nSPS) is 14.3. The van der Waals surface area contributed by atoms with E-state index in [0.29, 0.717) is 10.8 Å². The van der Waals surface area contributed by atoms with E-state index in [9.17, 15) is 13.2 Å². The number of benzene rings is 2. The molecule has 0 saturated carbocycles. The van der Waals surface area contributed by atoms with E-state index < -0.39 is 9.84 Å². The summed E-state index contributed by atoms with van der Waals surface area (Å²) in [5, 5.41) is 0. The second-order valence-electron chi connectivity index (χ2n) is 7.42. The molecule has 0 aliphatic carbocycles. The monoisotopic (exact) mass is 385 g/mol. The number of hydrogen-bond donors (Lipinski definition) is 0. The summed E-state index contributed by atoms with van der Waals surface area (Å²) in [6.45, 7) is 6.71. The Labute approximate surface area is 162 Å². The number of anilines is 1. The molecule has 2 aromatic carbocycles. The van der Waals surface area contributed by atoms with E-state index in [1.165, 1.54) is 11.1 Å². The summed E-state index contributed by atoms with van der Waals surface area (Å²) in [7, 11) is -3.21. The fourth-order valence-corrected chi connectivity index (χ4v) is 4.37. The van der Waals surface area contributed by atoms with Crippen molar-refractivity contribution in [1.29, 1.82) is 0 Å². The molecule has 1 heterocycles. The first-order chi connectivity index (χ1) is 12.8. The number of carbonyl (C=O) groups excluding carboxylic acids is 1. The Morgan fingerprint density at radius 3 is 2.44 bits per heavy atom. The van der Waals surface area contributed by atoms with Gasteiger partial charge >= 0.3 is 0 Å². The molecule has 0 fully saturated rings. The maximum absolute atomic E-state index is 12.9. The average molecular weight is 386 g/mol. The molecule has 1 aliphatic rings. The largest absolute Gasteiger partial charge is 0.312 e. The lowest BCUT2D eigenvalue weighted by atomic mass is 9.94. The van der Waals surface area contributed by atoms with E-state index in [1.54, 1.807) is 31.2 Å². The van der Waals surface area contributed by atoms with Gasteiger partial charge in [-0.15, -0.1) is 0 Å². The lowest BCUT2D eigenvalue weighted by Crippen LogP contribution is -2.36. The van der Waals surface area contributed by atoms with Crippen molar-refractivity contribution >= 4 is 21.4 Å². The van der Waals surface area contributed by atoms with Crippen molar-refractivity contribution in [2.45, 2.75) is 50.8 Å². The van der Waals surface area contributed by atoms with Gasteiger partial charge in [0.15, 0.2) is 9.84 Å². The topological polar surface area (TPSA) is 54.5 Å². The molecule has 1 aliphatic heterocycles. The molecular weight excluding hydrogens is 358 g/mol. The Morgan fingerprint density at radius 1 is 1.11 bits per heavy atom. The van der Waals surface area contributed by atoms with Crippen LogP contribution in [-0.4, -0.2) is 26.6 Å². The number of aryl methyl sites for hydroxylation is 1. The maximum Gasteiger partial charge on any atom is 0.231 e. The lowest BCUT2D eigenvalue weighted by molar-refractivity contribution is -0.118.